The topological polar surface area (TPSA) is 88.4 Å². The summed E-state index contributed by atoms with van der Waals surface area (Å²) in [5, 5.41) is 12.3. The van der Waals surface area contributed by atoms with Gasteiger partial charge in [-0.05, 0) is 61.0 Å². The third kappa shape index (κ3) is 6.55. The van der Waals surface area contributed by atoms with Crippen molar-refractivity contribution in [1.29, 1.82) is 5.26 Å². The molecule has 3 aromatic rings. The second kappa shape index (κ2) is 11.1. The first-order valence-corrected chi connectivity index (χ1v) is 10.8. The fourth-order valence-electron chi connectivity index (χ4n) is 3.04. The summed E-state index contributed by atoms with van der Waals surface area (Å²) in [4.78, 5) is 24.2. The van der Waals surface area contributed by atoms with E-state index in [0.717, 1.165) is 15.6 Å². The minimum absolute atomic E-state index is 0.0921. The van der Waals surface area contributed by atoms with E-state index in [2.05, 4.69) is 26.0 Å². The molecule has 166 valence electrons. The number of rotatable bonds is 7. The SMILES string of the molecule is COC(=O)c1ccc(NC(=O)/C(C#N)=C/c2cc(Br)ccc2OCc2cccc(C)c2)cc1. The number of carbonyl (C=O) groups is 2. The quantitative estimate of drug-likeness (QED) is 0.254. The maximum absolute atomic E-state index is 12.7. The van der Waals surface area contributed by atoms with Crippen molar-refractivity contribution in [1.82, 2.24) is 0 Å². The van der Waals surface area contributed by atoms with Gasteiger partial charge in [-0.1, -0.05) is 45.8 Å². The van der Waals surface area contributed by atoms with E-state index in [1.165, 1.54) is 25.3 Å². The van der Waals surface area contributed by atoms with E-state index < -0.39 is 11.9 Å². The number of hydrogen-bond donors (Lipinski definition) is 1. The van der Waals surface area contributed by atoms with Crippen LogP contribution in [0.5, 0.6) is 5.75 Å². The van der Waals surface area contributed by atoms with Crippen molar-refractivity contribution in [3.63, 3.8) is 0 Å². The summed E-state index contributed by atoms with van der Waals surface area (Å²) in [5.41, 5.74) is 3.45. The maximum Gasteiger partial charge on any atom is 0.337 e. The molecule has 0 unspecified atom stereocenters. The van der Waals surface area contributed by atoms with E-state index in [1.807, 2.05) is 43.3 Å². The number of amides is 1. The molecule has 0 bridgehead atoms. The van der Waals surface area contributed by atoms with Crippen LogP contribution in [0.1, 0.15) is 27.0 Å². The highest BCUT2D eigenvalue weighted by atomic mass is 79.9. The highest BCUT2D eigenvalue weighted by molar-refractivity contribution is 9.10. The van der Waals surface area contributed by atoms with E-state index in [0.29, 0.717) is 29.2 Å². The number of halogens is 1. The molecular formula is C26H21BrN2O4. The summed E-state index contributed by atoms with van der Waals surface area (Å²) in [7, 11) is 1.29. The lowest BCUT2D eigenvalue weighted by atomic mass is 10.1. The monoisotopic (exact) mass is 504 g/mol. The maximum atomic E-state index is 12.7. The summed E-state index contributed by atoms with van der Waals surface area (Å²) in [6, 6.07) is 21.5. The number of nitriles is 1. The first kappa shape index (κ1) is 23.8. The van der Waals surface area contributed by atoms with Crippen molar-refractivity contribution < 1.29 is 19.1 Å². The Morgan fingerprint density at radius 3 is 2.52 bits per heavy atom. The Labute approximate surface area is 200 Å². The molecule has 0 aliphatic rings. The molecule has 0 fully saturated rings. The summed E-state index contributed by atoms with van der Waals surface area (Å²) in [6.07, 6.45) is 1.48. The molecular weight excluding hydrogens is 484 g/mol. The fourth-order valence-corrected chi connectivity index (χ4v) is 3.42. The molecule has 0 spiro atoms. The molecule has 0 saturated heterocycles. The molecule has 1 amide bonds. The molecule has 7 heteroatoms. The molecule has 0 radical (unpaired) electrons. The number of nitrogens with one attached hydrogen (secondary N) is 1. The Bertz CT molecular complexity index is 1240. The van der Waals surface area contributed by atoms with E-state index >= 15 is 0 Å². The van der Waals surface area contributed by atoms with Gasteiger partial charge in [-0.3, -0.25) is 4.79 Å². The van der Waals surface area contributed by atoms with Gasteiger partial charge in [0.2, 0.25) is 0 Å². The van der Waals surface area contributed by atoms with Crippen molar-refractivity contribution in [3.8, 4) is 11.8 Å². The number of carbonyl (C=O) groups excluding carboxylic acids is 2. The van der Waals surface area contributed by atoms with Gasteiger partial charge in [0, 0.05) is 15.7 Å². The minimum atomic E-state index is -0.576. The van der Waals surface area contributed by atoms with Crippen LogP contribution in [0, 0.1) is 18.3 Å². The smallest absolute Gasteiger partial charge is 0.337 e. The second-order valence-corrected chi connectivity index (χ2v) is 8.07. The summed E-state index contributed by atoms with van der Waals surface area (Å²) in [5.74, 6) is -0.506. The van der Waals surface area contributed by atoms with Crippen LogP contribution < -0.4 is 10.1 Å². The first-order chi connectivity index (χ1) is 15.9. The van der Waals surface area contributed by atoms with Crippen molar-refractivity contribution in [3.05, 3.63) is 99.0 Å². The summed E-state index contributed by atoms with van der Waals surface area (Å²) in [6.45, 7) is 2.36. The van der Waals surface area contributed by atoms with Crippen LogP contribution in [-0.2, 0) is 16.1 Å². The van der Waals surface area contributed by atoms with E-state index in [1.54, 1.807) is 24.3 Å². The Balaban J connectivity index is 1.79. The van der Waals surface area contributed by atoms with Crippen LogP contribution >= 0.6 is 15.9 Å². The number of benzene rings is 3. The predicted octanol–water partition coefficient (Wildman–Crippen LogP) is 5.67. The van der Waals surface area contributed by atoms with Crippen LogP contribution in [0.25, 0.3) is 6.08 Å². The van der Waals surface area contributed by atoms with Gasteiger partial charge in [0.1, 0.15) is 24.0 Å². The number of hydrogen-bond acceptors (Lipinski definition) is 5. The van der Waals surface area contributed by atoms with Crippen LogP contribution in [0.2, 0.25) is 0 Å². The third-order valence-electron chi connectivity index (χ3n) is 4.68. The molecule has 0 aliphatic carbocycles. The molecule has 0 atom stereocenters. The zero-order valence-corrected chi connectivity index (χ0v) is 19.7. The normalized spacial score (nSPS) is 10.8. The van der Waals surface area contributed by atoms with Crippen molar-refractivity contribution in [2.75, 3.05) is 12.4 Å². The van der Waals surface area contributed by atoms with Gasteiger partial charge in [0.15, 0.2) is 0 Å². The second-order valence-electron chi connectivity index (χ2n) is 7.15. The average molecular weight is 505 g/mol. The van der Waals surface area contributed by atoms with Crippen molar-refractivity contribution in [2.45, 2.75) is 13.5 Å². The van der Waals surface area contributed by atoms with Crippen molar-refractivity contribution >= 4 is 39.6 Å². The highest BCUT2D eigenvalue weighted by Gasteiger charge is 2.13. The minimum Gasteiger partial charge on any atom is -0.488 e. The Morgan fingerprint density at radius 2 is 1.85 bits per heavy atom. The molecule has 0 saturated carbocycles. The molecule has 0 heterocycles. The lowest BCUT2D eigenvalue weighted by Gasteiger charge is -2.11. The standard InChI is InChI=1S/C26H21BrN2O4/c1-17-4-3-5-18(12-17)16-33-24-11-8-22(27)14-20(24)13-21(15-28)25(30)29-23-9-6-19(7-10-23)26(31)32-2/h3-14H,16H2,1-2H3,(H,29,30)/b21-13+. The number of nitrogens with zero attached hydrogens (tertiary/aromatic N) is 1. The van der Waals surface area contributed by atoms with E-state index in [4.69, 9.17) is 4.74 Å². The zero-order valence-electron chi connectivity index (χ0n) is 18.1. The molecule has 1 N–H and O–H groups in total. The molecule has 33 heavy (non-hydrogen) atoms. The van der Waals surface area contributed by atoms with Gasteiger partial charge in [-0.2, -0.15) is 5.26 Å². The number of esters is 1. The van der Waals surface area contributed by atoms with Crippen LogP contribution in [0.4, 0.5) is 5.69 Å². The van der Waals surface area contributed by atoms with E-state index in [9.17, 15) is 14.9 Å². The van der Waals surface area contributed by atoms with Gasteiger partial charge in [0.05, 0.1) is 12.7 Å². The molecule has 0 aromatic heterocycles. The van der Waals surface area contributed by atoms with Crippen LogP contribution in [0.15, 0.2) is 76.8 Å². The molecule has 3 rings (SSSR count). The Hall–Kier alpha value is -3.89. The highest BCUT2D eigenvalue weighted by Crippen LogP contribution is 2.27. The summed E-state index contributed by atoms with van der Waals surface area (Å²) < 4.78 is 11.4. The number of ether oxygens (including phenoxy) is 2. The lowest BCUT2D eigenvalue weighted by molar-refractivity contribution is -0.112. The average Bonchev–Trinajstić information content (AvgIpc) is 2.82. The number of anilines is 1. The summed E-state index contributed by atoms with van der Waals surface area (Å²) >= 11 is 3.42. The largest absolute Gasteiger partial charge is 0.488 e. The Kier molecular flexibility index (Phi) is 8.01. The van der Waals surface area contributed by atoms with Gasteiger partial charge < -0.3 is 14.8 Å². The van der Waals surface area contributed by atoms with Crippen LogP contribution in [-0.4, -0.2) is 19.0 Å². The number of methoxy groups -OCH3 is 1. The van der Waals surface area contributed by atoms with Gasteiger partial charge in [0.25, 0.3) is 5.91 Å². The molecule has 0 aliphatic heterocycles. The van der Waals surface area contributed by atoms with Crippen LogP contribution in [0.3, 0.4) is 0 Å². The lowest BCUT2D eigenvalue weighted by Crippen LogP contribution is -2.13. The molecule has 3 aromatic carbocycles. The molecule has 6 nitrogen and oxygen atoms in total. The zero-order chi connectivity index (χ0) is 23.8. The van der Waals surface area contributed by atoms with Gasteiger partial charge >= 0.3 is 5.97 Å². The van der Waals surface area contributed by atoms with E-state index in [-0.39, 0.29) is 5.57 Å². The third-order valence-corrected chi connectivity index (χ3v) is 5.17. The number of aryl methyl sites for hydroxylation is 1. The Morgan fingerprint density at radius 1 is 1.09 bits per heavy atom. The first-order valence-electron chi connectivity index (χ1n) is 9.99. The predicted molar refractivity (Wildman–Crippen MR) is 130 cm³/mol. The fraction of sp³-hybridized carbons (Fsp3) is 0.115. The van der Waals surface area contributed by atoms with Crippen molar-refractivity contribution in [2.24, 2.45) is 0 Å². The van der Waals surface area contributed by atoms with Gasteiger partial charge in [-0.15, -0.1) is 0 Å². The van der Waals surface area contributed by atoms with Gasteiger partial charge in [-0.25, -0.2) is 4.79 Å².